The number of hydrogen-bond acceptors (Lipinski definition) is 5. The van der Waals surface area contributed by atoms with E-state index in [0.29, 0.717) is 15.8 Å². The first-order valence-corrected chi connectivity index (χ1v) is 9.07. The standard InChI is InChI=1S/C15H14ClF2NO3S2/c1-21-11-4-2-9(6-12(11)22-15(17)18)19-14(20)8-23-7-10-3-5-13(16)24-10/h2-6,15H,7-8H2,1H3,(H,19,20). The maximum absolute atomic E-state index is 12.4. The summed E-state index contributed by atoms with van der Waals surface area (Å²) < 4.78 is 34.8. The largest absolute Gasteiger partial charge is 0.493 e. The molecule has 0 unspecified atom stereocenters. The molecule has 0 aliphatic heterocycles. The number of benzene rings is 1. The monoisotopic (exact) mass is 393 g/mol. The molecule has 1 aromatic heterocycles. The van der Waals surface area contributed by atoms with Crippen molar-refractivity contribution < 1.29 is 23.0 Å². The Morgan fingerprint density at radius 3 is 2.75 bits per heavy atom. The van der Waals surface area contributed by atoms with Crippen LogP contribution in [-0.4, -0.2) is 25.4 Å². The molecule has 0 fully saturated rings. The highest BCUT2D eigenvalue weighted by molar-refractivity contribution is 7.99. The summed E-state index contributed by atoms with van der Waals surface area (Å²) in [6, 6.07) is 8.03. The molecule has 0 aliphatic rings. The summed E-state index contributed by atoms with van der Waals surface area (Å²) in [5, 5.41) is 2.64. The van der Waals surface area contributed by atoms with E-state index in [4.69, 9.17) is 16.3 Å². The minimum Gasteiger partial charge on any atom is -0.493 e. The van der Waals surface area contributed by atoms with Crippen LogP contribution in [-0.2, 0) is 10.5 Å². The molecule has 1 N–H and O–H groups in total. The van der Waals surface area contributed by atoms with E-state index in [1.165, 1.54) is 42.3 Å². The van der Waals surface area contributed by atoms with E-state index in [-0.39, 0.29) is 23.2 Å². The van der Waals surface area contributed by atoms with Gasteiger partial charge in [0.05, 0.1) is 17.2 Å². The number of nitrogens with one attached hydrogen (secondary N) is 1. The fourth-order valence-electron chi connectivity index (χ4n) is 1.81. The van der Waals surface area contributed by atoms with Crippen LogP contribution < -0.4 is 14.8 Å². The third-order valence-electron chi connectivity index (χ3n) is 2.77. The molecule has 9 heteroatoms. The second-order valence-corrected chi connectivity index (χ2v) is 7.28. The van der Waals surface area contributed by atoms with Gasteiger partial charge in [0, 0.05) is 22.4 Å². The molecule has 1 amide bonds. The Bertz CT molecular complexity index is 697. The predicted molar refractivity (Wildman–Crippen MR) is 93.7 cm³/mol. The summed E-state index contributed by atoms with van der Waals surface area (Å²) in [6.45, 7) is -2.97. The highest BCUT2D eigenvalue weighted by Gasteiger charge is 2.12. The molecule has 0 saturated carbocycles. The van der Waals surface area contributed by atoms with Gasteiger partial charge < -0.3 is 14.8 Å². The zero-order valence-electron chi connectivity index (χ0n) is 12.6. The van der Waals surface area contributed by atoms with Crippen molar-refractivity contribution in [2.75, 3.05) is 18.2 Å². The zero-order valence-corrected chi connectivity index (χ0v) is 14.9. The average Bonchev–Trinajstić information content (AvgIpc) is 2.92. The number of thiophene rings is 1. The fourth-order valence-corrected chi connectivity index (χ4v) is 3.84. The van der Waals surface area contributed by atoms with E-state index >= 15 is 0 Å². The number of anilines is 1. The van der Waals surface area contributed by atoms with Crippen LogP contribution in [0.25, 0.3) is 0 Å². The van der Waals surface area contributed by atoms with Crippen LogP contribution in [0.2, 0.25) is 4.34 Å². The molecule has 1 aromatic carbocycles. The number of carbonyl (C=O) groups excluding carboxylic acids is 1. The second kappa shape index (κ2) is 9.10. The molecule has 2 rings (SSSR count). The van der Waals surface area contributed by atoms with E-state index in [1.807, 2.05) is 12.1 Å². The normalized spacial score (nSPS) is 10.7. The lowest BCUT2D eigenvalue weighted by Gasteiger charge is -2.12. The van der Waals surface area contributed by atoms with Crippen molar-refractivity contribution in [1.29, 1.82) is 0 Å². The number of thioether (sulfide) groups is 1. The fraction of sp³-hybridized carbons (Fsp3) is 0.267. The van der Waals surface area contributed by atoms with Crippen LogP contribution in [0, 0.1) is 0 Å². The lowest BCUT2D eigenvalue weighted by Crippen LogP contribution is -2.14. The van der Waals surface area contributed by atoms with Gasteiger partial charge in [-0.05, 0) is 24.3 Å². The Morgan fingerprint density at radius 2 is 2.12 bits per heavy atom. The summed E-state index contributed by atoms with van der Waals surface area (Å²) in [7, 11) is 1.35. The number of hydrogen-bond donors (Lipinski definition) is 1. The van der Waals surface area contributed by atoms with Crippen LogP contribution in [0.5, 0.6) is 11.5 Å². The summed E-state index contributed by atoms with van der Waals surface area (Å²) in [4.78, 5) is 13.0. The van der Waals surface area contributed by atoms with Gasteiger partial charge in [0.15, 0.2) is 11.5 Å². The van der Waals surface area contributed by atoms with Crippen LogP contribution in [0.15, 0.2) is 30.3 Å². The summed E-state index contributed by atoms with van der Waals surface area (Å²) in [5.41, 5.74) is 0.358. The maximum Gasteiger partial charge on any atom is 0.387 e. The minimum atomic E-state index is -2.97. The van der Waals surface area contributed by atoms with E-state index in [1.54, 1.807) is 6.07 Å². The molecule has 1 heterocycles. The third kappa shape index (κ3) is 5.85. The van der Waals surface area contributed by atoms with Gasteiger partial charge >= 0.3 is 6.61 Å². The van der Waals surface area contributed by atoms with Gasteiger partial charge in [0.25, 0.3) is 0 Å². The van der Waals surface area contributed by atoms with E-state index < -0.39 is 6.61 Å². The lowest BCUT2D eigenvalue weighted by atomic mass is 10.2. The summed E-state index contributed by atoms with van der Waals surface area (Å²) in [5.74, 6) is 0.693. The van der Waals surface area contributed by atoms with Crippen molar-refractivity contribution in [2.24, 2.45) is 0 Å². The molecule has 2 aromatic rings. The second-order valence-electron chi connectivity index (χ2n) is 4.49. The van der Waals surface area contributed by atoms with Crippen molar-refractivity contribution in [3.05, 3.63) is 39.5 Å². The molecule has 0 radical (unpaired) electrons. The molecule has 130 valence electrons. The van der Waals surface area contributed by atoms with Gasteiger partial charge in [-0.25, -0.2) is 0 Å². The Morgan fingerprint density at radius 1 is 1.33 bits per heavy atom. The number of alkyl halides is 2. The summed E-state index contributed by atoms with van der Waals surface area (Å²) in [6.07, 6.45) is 0. The molecule has 4 nitrogen and oxygen atoms in total. The summed E-state index contributed by atoms with van der Waals surface area (Å²) >= 11 is 8.74. The highest BCUT2D eigenvalue weighted by atomic mass is 35.5. The van der Waals surface area contributed by atoms with Gasteiger partial charge in [-0.1, -0.05) is 11.6 Å². The molecular formula is C15H14ClF2NO3S2. The Labute approximate surface area is 151 Å². The maximum atomic E-state index is 12.4. The zero-order chi connectivity index (χ0) is 17.5. The van der Waals surface area contributed by atoms with Crippen LogP contribution in [0.4, 0.5) is 14.5 Å². The van der Waals surface area contributed by atoms with Crippen molar-refractivity contribution in [3.63, 3.8) is 0 Å². The number of methoxy groups -OCH3 is 1. The molecule has 0 spiro atoms. The van der Waals surface area contributed by atoms with Crippen LogP contribution >= 0.6 is 34.7 Å². The van der Waals surface area contributed by atoms with Crippen LogP contribution in [0.1, 0.15) is 4.88 Å². The van der Waals surface area contributed by atoms with Gasteiger partial charge in [0.1, 0.15) is 0 Å². The number of carbonyl (C=O) groups is 1. The molecule has 0 bridgehead atoms. The lowest BCUT2D eigenvalue weighted by molar-refractivity contribution is -0.113. The highest BCUT2D eigenvalue weighted by Crippen LogP contribution is 2.31. The van der Waals surface area contributed by atoms with Crippen molar-refractivity contribution in [2.45, 2.75) is 12.4 Å². The van der Waals surface area contributed by atoms with E-state index in [9.17, 15) is 13.6 Å². The van der Waals surface area contributed by atoms with Gasteiger partial charge in [-0.15, -0.1) is 23.1 Å². The van der Waals surface area contributed by atoms with Gasteiger partial charge in [-0.2, -0.15) is 8.78 Å². The van der Waals surface area contributed by atoms with E-state index in [0.717, 1.165) is 4.88 Å². The predicted octanol–water partition coefficient (Wildman–Crippen LogP) is 4.88. The van der Waals surface area contributed by atoms with Gasteiger partial charge in [0.2, 0.25) is 5.91 Å². The molecule has 0 atom stereocenters. The Kier molecular flexibility index (Phi) is 7.14. The van der Waals surface area contributed by atoms with E-state index in [2.05, 4.69) is 10.1 Å². The smallest absolute Gasteiger partial charge is 0.387 e. The van der Waals surface area contributed by atoms with Gasteiger partial charge in [-0.3, -0.25) is 4.79 Å². The number of halogens is 3. The minimum absolute atomic E-state index is 0.133. The van der Waals surface area contributed by atoms with Crippen molar-refractivity contribution in [3.8, 4) is 11.5 Å². The molecule has 0 saturated heterocycles. The van der Waals surface area contributed by atoms with Crippen molar-refractivity contribution >= 4 is 46.3 Å². The third-order valence-corrected chi connectivity index (χ3v) is 5.17. The Hall–Kier alpha value is -1.51. The average molecular weight is 394 g/mol. The molecular weight excluding hydrogens is 380 g/mol. The number of rotatable bonds is 8. The first-order chi connectivity index (χ1) is 11.5. The van der Waals surface area contributed by atoms with Crippen LogP contribution in [0.3, 0.4) is 0 Å². The number of amides is 1. The number of ether oxygens (including phenoxy) is 2. The first kappa shape index (κ1) is 18.8. The quantitative estimate of drug-likeness (QED) is 0.694. The SMILES string of the molecule is COc1ccc(NC(=O)CSCc2ccc(Cl)s2)cc1OC(F)F. The first-order valence-electron chi connectivity index (χ1n) is 6.72. The van der Waals surface area contributed by atoms with Crippen molar-refractivity contribution in [1.82, 2.24) is 0 Å². The topological polar surface area (TPSA) is 47.6 Å². The molecule has 0 aliphatic carbocycles. The molecule has 24 heavy (non-hydrogen) atoms. The Balaban J connectivity index is 1.88.